The van der Waals surface area contributed by atoms with Crippen LogP contribution in [-0.4, -0.2) is 25.2 Å². The smallest absolute Gasteiger partial charge is 0.335 e. The fourth-order valence-corrected chi connectivity index (χ4v) is 3.89. The van der Waals surface area contributed by atoms with Gasteiger partial charge in [-0.2, -0.15) is 0 Å². The minimum atomic E-state index is -0.947. The molecule has 0 radical (unpaired) electrons. The van der Waals surface area contributed by atoms with Gasteiger partial charge in [-0.3, -0.25) is 0 Å². The third kappa shape index (κ3) is 2.88. The molecular weight excluding hydrogens is 362 g/mol. The molecule has 0 aliphatic rings. The number of nitrogens with zero attached hydrogens (tertiary/aromatic N) is 3. The molecule has 0 fully saturated rings. The maximum Gasteiger partial charge on any atom is 0.335 e. The summed E-state index contributed by atoms with van der Waals surface area (Å²) in [6, 6.07) is 25.9. The van der Waals surface area contributed by atoms with E-state index in [9.17, 15) is 9.90 Å². The van der Waals surface area contributed by atoms with E-state index in [0.717, 1.165) is 34.5 Å². The Morgan fingerprint density at radius 1 is 0.931 bits per heavy atom. The van der Waals surface area contributed by atoms with Crippen LogP contribution in [0.3, 0.4) is 0 Å². The molecule has 1 N–H and O–H groups in total. The number of carbonyl (C=O) groups is 1. The summed E-state index contributed by atoms with van der Waals surface area (Å²) in [6.45, 7) is 0.729. The van der Waals surface area contributed by atoms with Crippen molar-refractivity contribution in [2.24, 2.45) is 7.05 Å². The average Bonchev–Trinajstić information content (AvgIpc) is 3.26. The molecule has 5 heteroatoms. The van der Waals surface area contributed by atoms with Crippen molar-refractivity contribution in [2.45, 2.75) is 6.54 Å². The second-order valence-corrected chi connectivity index (χ2v) is 7.16. The highest BCUT2D eigenvalue weighted by atomic mass is 16.4. The first-order valence-electron chi connectivity index (χ1n) is 9.44. The van der Waals surface area contributed by atoms with E-state index in [1.54, 1.807) is 12.1 Å². The first-order valence-corrected chi connectivity index (χ1v) is 9.44. The number of aryl methyl sites for hydroxylation is 1. The van der Waals surface area contributed by atoms with E-state index in [2.05, 4.69) is 34.9 Å². The summed E-state index contributed by atoms with van der Waals surface area (Å²) in [7, 11) is 1.97. The predicted octanol–water partition coefficient (Wildman–Crippen LogP) is 4.94. The Hall–Kier alpha value is -3.86. The summed E-state index contributed by atoms with van der Waals surface area (Å²) >= 11 is 0. The summed E-state index contributed by atoms with van der Waals surface area (Å²) in [5.41, 5.74) is 5.18. The fourth-order valence-electron chi connectivity index (χ4n) is 3.89. The van der Waals surface area contributed by atoms with Crippen molar-refractivity contribution in [1.29, 1.82) is 0 Å². The van der Waals surface area contributed by atoms with Crippen LogP contribution in [0.2, 0.25) is 0 Å². The normalized spacial score (nSPS) is 11.3. The zero-order valence-corrected chi connectivity index (χ0v) is 15.9. The second-order valence-electron chi connectivity index (χ2n) is 7.16. The Balaban J connectivity index is 1.73. The number of fused-ring (bicyclic) bond motifs is 2. The van der Waals surface area contributed by atoms with Gasteiger partial charge in [0.15, 0.2) is 5.82 Å². The molecule has 5 nitrogen and oxygen atoms in total. The lowest BCUT2D eigenvalue weighted by Crippen LogP contribution is -2.04. The van der Waals surface area contributed by atoms with Crippen molar-refractivity contribution in [3.63, 3.8) is 0 Å². The van der Waals surface area contributed by atoms with Crippen LogP contribution >= 0.6 is 0 Å². The van der Waals surface area contributed by atoms with Gasteiger partial charge < -0.3 is 14.2 Å². The van der Waals surface area contributed by atoms with Gasteiger partial charge in [-0.15, -0.1) is 0 Å². The Morgan fingerprint density at radius 2 is 1.69 bits per heavy atom. The van der Waals surface area contributed by atoms with Crippen LogP contribution in [0.25, 0.3) is 33.5 Å². The molecule has 0 aliphatic heterocycles. The molecule has 0 spiro atoms. The molecule has 142 valence electrons. The SMILES string of the molecule is Cn1c(-c2cc3ccccc3n2Cc2ccccc2)nc2cc(C(=O)O)ccc21. The first kappa shape index (κ1) is 17.3. The van der Waals surface area contributed by atoms with Crippen molar-refractivity contribution >= 4 is 27.9 Å². The molecule has 2 heterocycles. The van der Waals surface area contributed by atoms with Crippen LogP contribution in [0.5, 0.6) is 0 Å². The van der Waals surface area contributed by atoms with E-state index in [4.69, 9.17) is 4.98 Å². The molecule has 0 atom stereocenters. The predicted molar refractivity (Wildman–Crippen MR) is 114 cm³/mol. The summed E-state index contributed by atoms with van der Waals surface area (Å²) < 4.78 is 4.29. The average molecular weight is 381 g/mol. The van der Waals surface area contributed by atoms with Gasteiger partial charge in [0.25, 0.3) is 0 Å². The Kier molecular flexibility index (Phi) is 3.95. The Morgan fingerprint density at radius 3 is 2.48 bits per heavy atom. The van der Waals surface area contributed by atoms with E-state index in [0.29, 0.717) is 5.52 Å². The van der Waals surface area contributed by atoms with E-state index in [1.807, 2.05) is 48.0 Å². The van der Waals surface area contributed by atoms with Crippen LogP contribution in [-0.2, 0) is 13.6 Å². The molecule has 0 saturated carbocycles. The van der Waals surface area contributed by atoms with Crippen LogP contribution in [0, 0.1) is 0 Å². The number of carboxylic acid groups (broad SMARTS) is 1. The number of rotatable bonds is 4. The topological polar surface area (TPSA) is 60.0 Å². The number of aromatic nitrogens is 3. The van der Waals surface area contributed by atoms with Crippen molar-refractivity contribution in [3.8, 4) is 11.5 Å². The lowest BCUT2D eigenvalue weighted by molar-refractivity contribution is 0.0697. The van der Waals surface area contributed by atoms with Crippen molar-refractivity contribution in [3.05, 3.63) is 90.0 Å². The van der Waals surface area contributed by atoms with Gasteiger partial charge in [0.2, 0.25) is 0 Å². The number of hydrogen-bond donors (Lipinski definition) is 1. The number of hydrogen-bond acceptors (Lipinski definition) is 2. The third-order valence-corrected chi connectivity index (χ3v) is 5.35. The standard InChI is InChI=1S/C24H19N3O2/c1-26-21-12-11-18(24(28)29)13-19(21)25-23(26)22-14-17-9-5-6-10-20(17)27(22)15-16-7-3-2-4-8-16/h2-14H,15H2,1H3,(H,28,29). The van der Waals surface area contributed by atoms with E-state index < -0.39 is 5.97 Å². The second kappa shape index (κ2) is 6.63. The lowest BCUT2D eigenvalue weighted by Gasteiger charge is -2.11. The summed E-state index contributed by atoms with van der Waals surface area (Å²) in [6.07, 6.45) is 0. The van der Waals surface area contributed by atoms with E-state index in [1.165, 1.54) is 5.56 Å². The van der Waals surface area contributed by atoms with Crippen molar-refractivity contribution < 1.29 is 9.90 Å². The molecule has 3 aromatic carbocycles. The van der Waals surface area contributed by atoms with Crippen LogP contribution in [0.1, 0.15) is 15.9 Å². The summed E-state index contributed by atoms with van der Waals surface area (Å²) in [5, 5.41) is 10.5. The van der Waals surface area contributed by atoms with Crippen LogP contribution in [0.4, 0.5) is 0 Å². The number of benzene rings is 3. The Bertz CT molecular complexity index is 1360. The molecule has 0 aliphatic carbocycles. The molecule has 0 amide bonds. The number of para-hydroxylation sites is 1. The maximum absolute atomic E-state index is 11.3. The molecular formula is C24H19N3O2. The maximum atomic E-state index is 11.3. The zero-order valence-electron chi connectivity index (χ0n) is 15.9. The highest BCUT2D eigenvalue weighted by Crippen LogP contribution is 2.31. The number of aromatic carboxylic acids is 1. The fraction of sp³-hybridized carbons (Fsp3) is 0.0833. The largest absolute Gasteiger partial charge is 0.478 e. The van der Waals surface area contributed by atoms with Gasteiger partial charge in [0.1, 0.15) is 0 Å². The third-order valence-electron chi connectivity index (χ3n) is 5.35. The molecule has 29 heavy (non-hydrogen) atoms. The van der Waals surface area contributed by atoms with Crippen molar-refractivity contribution in [1.82, 2.24) is 14.1 Å². The quantitative estimate of drug-likeness (QED) is 0.480. The molecule has 0 saturated heterocycles. The minimum absolute atomic E-state index is 0.243. The molecule has 2 aromatic heterocycles. The van der Waals surface area contributed by atoms with Gasteiger partial charge in [0, 0.05) is 24.5 Å². The molecule has 5 rings (SSSR count). The highest BCUT2D eigenvalue weighted by Gasteiger charge is 2.18. The van der Waals surface area contributed by atoms with Gasteiger partial charge >= 0.3 is 5.97 Å². The monoisotopic (exact) mass is 381 g/mol. The summed E-state index contributed by atoms with van der Waals surface area (Å²) in [5.74, 6) is -0.132. The molecule has 0 unspecified atom stereocenters. The van der Waals surface area contributed by atoms with Gasteiger partial charge in [-0.05, 0) is 35.9 Å². The van der Waals surface area contributed by atoms with Crippen LogP contribution < -0.4 is 0 Å². The van der Waals surface area contributed by atoms with Gasteiger partial charge in [0.05, 0.1) is 22.3 Å². The van der Waals surface area contributed by atoms with Crippen LogP contribution in [0.15, 0.2) is 78.9 Å². The van der Waals surface area contributed by atoms with Gasteiger partial charge in [-0.1, -0.05) is 48.5 Å². The van der Waals surface area contributed by atoms with E-state index >= 15 is 0 Å². The zero-order chi connectivity index (χ0) is 20.0. The molecule has 0 bridgehead atoms. The highest BCUT2D eigenvalue weighted by molar-refractivity contribution is 5.94. The van der Waals surface area contributed by atoms with Gasteiger partial charge in [-0.25, -0.2) is 9.78 Å². The molecule has 5 aromatic rings. The number of imidazole rings is 1. The first-order chi connectivity index (χ1) is 14.1. The Labute approximate surface area is 167 Å². The summed E-state index contributed by atoms with van der Waals surface area (Å²) in [4.78, 5) is 16.1. The van der Waals surface area contributed by atoms with E-state index in [-0.39, 0.29) is 5.56 Å². The van der Waals surface area contributed by atoms with Crippen molar-refractivity contribution in [2.75, 3.05) is 0 Å². The minimum Gasteiger partial charge on any atom is -0.478 e. The number of carboxylic acids is 1. The lowest BCUT2D eigenvalue weighted by atomic mass is 10.2.